The van der Waals surface area contributed by atoms with E-state index in [4.69, 9.17) is 0 Å². The fraction of sp³-hybridized carbons (Fsp3) is 1.00. The van der Waals surface area contributed by atoms with Gasteiger partial charge in [-0.2, -0.15) is 4.31 Å². The van der Waals surface area contributed by atoms with E-state index in [2.05, 4.69) is 5.32 Å². The molecule has 1 saturated carbocycles. The van der Waals surface area contributed by atoms with E-state index in [0.29, 0.717) is 12.8 Å². The normalized spacial score (nSPS) is 32.9. The lowest BCUT2D eigenvalue weighted by atomic mass is 9.78. The van der Waals surface area contributed by atoms with Gasteiger partial charge in [-0.05, 0) is 12.8 Å². The van der Waals surface area contributed by atoms with Crippen LogP contribution in [-0.2, 0) is 10.0 Å². The molecule has 0 aromatic carbocycles. The summed E-state index contributed by atoms with van der Waals surface area (Å²) in [5, 5.41) is 2.35. The van der Waals surface area contributed by atoms with E-state index >= 15 is 0 Å². The summed E-state index contributed by atoms with van der Waals surface area (Å²) in [5.41, 5.74) is -1.14. The van der Waals surface area contributed by atoms with Gasteiger partial charge in [0.2, 0.25) is 10.0 Å². The number of hydrogen-bond donors (Lipinski definition) is 1. The second kappa shape index (κ2) is 2.94. The minimum Gasteiger partial charge on any atom is -0.310 e. The summed E-state index contributed by atoms with van der Waals surface area (Å²) < 4.78 is 51.9. The molecule has 4 nitrogen and oxygen atoms in total. The third kappa shape index (κ3) is 1.28. The highest BCUT2D eigenvalue weighted by molar-refractivity contribution is 7.90. The second-order valence-corrected chi connectivity index (χ2v) is 7.31. The van der Waals surface area contributed by atoms with E-state index in [1.54, 1.807) is 0 Å². The van der Waals surface area contributed by atoms with Crippen LogP contribution in [0.1, 0.15) is 12.8 Å². The zero-order valence-corrected chi connectivity index (χ0v) is 9.56. The summed E-state index contributed by atoms with van der Waals surface area (Å²) >= 11 is 0. The largest absolute Gasteiger partial charge is 0.310 e. The quantitative estimate of drug-likeness (QED) is 0.753. The van der Waals surface area contributed by atoms with Crippen LogP contribution >= 0.6 is 0 Å². The molecule has 1 aliphatic carbocycles. The maximum atomic E-state index is 13.5. The summed E-state index contributed by atoms with van der Waals surface area (Å²) in [6, 6.07) is 0. The maximum Gasteiger partial charge on any atom is 0.269 e. The monoisotopic (exact) mass is 252 g/mol. The van der Waals surface area contributed by atoms with Gasteiger partial charge in [-0.3, -0.25) is 0 Å². The third-order valence-electron chi connectivity index (χ3n) is 3.85. The van der Waals surface area contributed by atoms with E-state index in [-0.39, 0.29) is 31.4 Å². The highest BCUT2D eigenvalue weighted by Crippen LogP contribution is 2.49. The summed E-state index contributed by atoms with van der Waals surface area (Å²) in [4.78, 5) is 0. The molecule has 7 heteroatoms. The molecule has 0 unspecified atom stereocenters. The summed E-state index contributed by atoms with van der Waals surface area (Å²) in [6.45, 7) is -0.154. The summed E-state index contributed by atoms with van der Waals surface area (Å²) in [5.74, 6) is -2.78. The van der Waals surface area contributed by atoms with Crippen LogP contribution in [0.4, 0.5) is 8.78 Å². The molecular weight excluding hydrogens is 238 g/mol. The molecule has 0 aromatic heterocycles. The van der Waals surface area contributed by atoms with Crippen molar-refractivity contribution < 1.29 is 17.2 Å². The average molecular weight is 252 g/mol. The Morgan fingerprint density at radius 2 is 1.81 bits per heavy atom. The minimum atomic E-state index is -3.27. The second-order valence-electron chi connectivity index (χ2n) is 5.10. The van der Waals surface area contributed by atoms with Crippen molar-refractivity contribution in [2.75, 3.05) is 26.2 Å². The van der Waals surface area contributed by atoms with Crippen LogP contribution in [0.5, 0.6) is 0 Å². The Labute approximate surface area is 93.0 Å². The van der Waals surface area contributed by atoms with Gasteiger partial charge in [0, 0.05) is 19.6 Å². The number of alkyl halides is 2. The molecule has 16 heavy (non-hydrogen) atoms. The van der Waals surface area contributed by atoms with Crippen molar-refractivity contribution in [2.45, 2.75) is 24.0 Å². The van der Waals surface area contributed by atoms with Crippen molar-refractivity contribution in [3.05, 3.63) is 0 Å². The van der Waals surface area contributed by atoms with Crippen LogP contribution in [0.15, 0.2) is 0 Å². The van der Waals surface area contributed by atoms with Crippen LogP contribution in [0, 0.1) is 5.41 Å². The van der Waals surface area contributed by atoms with E-state index < -0.39 is 21.4 Å². The minimum absolute atomic E-state index is 0.0220. The van der Waals surface area contributed by atoms with Crippen molar-refractivity contribution in [2.24, 2.45) is 5.41 Å². The van der Waals surface area contributed by atoms with Crippen molar-refractivity contribution in [3.63, 3.8) is 0 Å². The molecule has 2 saturated heterocycles. The highest BCUT2D eigenvalue weighted by Gasteiger charge is 2.66. The lowest BCUT2D eigenvalue weighted by Crippen LogP contribution is -2.66. The molecule has 0 amide bonds. The van der Waals surface area contributed by atoms with Gasteiger partial charge in [0.1, 0.15) is 0 Å². The predicted octanol–water partition coefficient (Wildman–Crippen LogP) is 0.0191. The van der Waals surface area contributed by atoms with E-state index in [1.807, 2.05) is 0 Å². The van der Waals surface area contributed by atoms with Gasteiger partial charge in [-0.1, -0.05) is 0 Å². The first-order valence-corrected chi connectivity index (χ1v) is 6.95. The third-order valence-corrected chi connectivity index (χ3v) is 6.14. The van der Waals surface area contributed by atoms with Gasteiger partial charge in [0.05, 0.1) is 17.2 Å². The van der Waals surface area contributed by atoms with Gasteiger partial charge < -0.3 is 5.32 Å². The van der Waals surface area contributed by atoms with E-state index in [9.17, 15) is 17.2 Å². The molecular formula is C9H14F2N2O2S. The fourth-order valence-corrected chi connectivity index (χ4v) is 4.51. The van der Waals surface area contributed by atoms with Crippen molar-refractivity contribution in [1.82, 2.24) is 9.62 Å². The Kier molecular flexibility index (Phi) is 2.00. The number of sulfonamides is 1. The van der Waals surface area contributed by atoms with Gasteiger partial charge in [-0.15, -0.1) is 0 Å². The molecule has 1 N–H and O–H groups in total. The highest BCUT2D eigenvalue weighted by atomic mass is 32.2. The predicted molar refractivity (Wildman–Crippen MR) is 53.8 cm³/mol. The Bertz CT molecular complexity index is 413. The average Bonchev–Trinajstić information content (AvgIpc) is 2.87. The van der Waals surface area contributed by atoms with Crippen molar-refractivity contribution >= 4 is 10.0 Å². The first-order valence-electron chi connectivity index (χ1n) is 5.45. The van der Waals surface area contributed by atoms with E-state index in [1.165, 1.54) is 4.31 Å². The van der Waals surface area contributed by atoms with Crippen molar-refractivity contribution in [1.29, 1.82) is 0 Å². The van der Waals surface area contributed by atoms with Crippen LogP contribution in [-0.4, -0.2) is 50.1 Å². The standard InChI is InChI=1S/C9H14F2N2O2S/c10-9(11)4-12-3-8(9)5-13(6-8)16(14,15)7-1-2-7/h7,12H,1-6H2. The van der Waals surface area contributed by atoms with Crippen LogP contribution in [0.2, 0.25) is 0 Å². The number of nitrogens with one attached hydrogen (secondary N) is 1. The Morgan fingerprint density at radius 3 is 2.25 bits per heavy atom. The van der Waals surface area contributed by atoms with Gasteiger partial charge >= 0.3 is 0 Å². The molecule has 2 aliphatic heterocycles. The maximum absolute atomic E-state index is 13.5. The van der Waals surface area contributed by atoms with Crippen LogP contribution in [0.3, 0.4) is 0 Å². The lowest BCUT2D eigenvalue weighted by molar-refractivity contribution is -0.133. The number of rotatable bonds is 2. The molecule has 1 spiro atoms. The number of nitrogens with zero attached hydrogens (tertiary/aromatic N) is 1. The fourth-order valence-electron chi connectivity index (χ4n) is 2.50. The van der Waals surface area contributed by atoms with Gasteiger partial charge in [0.25, 0.3) is 5.92 Å². The first-order chi connectivity index (χ1) is 7.37. The number of halogens is 2. The summed E-state index contributed by atoms with van der Waals surface area (Å²) in [7, 11) is -3.27. The van der Waals surface area contributed by atoms with Crippen LogP contribution < -0.4 is 5.32 Å². The zero-order chi connectivity index (χ0) is 11.6. The molecule has 0 atom stereocenters. The SMILES string of the molecule is O=S(=O)(C1CC1)N1CC2(CNCC2(F)F)C1. The molecule has 2 heterocycles. The lowest BCUT2D eigenvalue weighted by Gasteiger charge is -2.49. The first kappa shape index (κ1) is 10.9. The van der Waals surface area contributed by atoms with Gasteiger partial charge in [-0.25, -0.2) is 17.2 Å². The number of hydrogen-bond acceptors (Lipinski definition) is 3. The van der Waals surface area contributed by atoms with E-state index in [0.717, 1.165) is 0 Å². The zero-order valence-electron chi connectivity index (χ0n) is 8.75. The topological polar surface area (TPSA) is 49.4 Å². The Morgan fingerprint density at radius 1 is 1.19 bits per heavy atom. The Balaban J connectivity index is 1.75. The van der Waals surface area contributed by atoms with Crippen LogP contribution in [0.25, 0.3) is 0 Å². The molecule has 3 fully saturated rings. The molecule has 0 radical (unpaired) electrons. The molecule has 0 aromatic rings. The van der Waals surface area contributed by atoms with Gasteiger partial charge in [0.15, 0.2) is 0 Å². The molecule has 3 aliphatic rings. The molecule has 3 rings (SSSR count). The smallest absolute Gasteiger partial charge is 0.269 e. The summed E-state index contributed by atoms with van der Waals surface area (Å²) in [6.07, 6.45) is 1.36. The molecule has 0 bridgehead atoms. The Hall–Kier alpha value is -0.270. The molecule has 92 valence electrons. The van der Waals surface area contributed by atoms with Crippen molar-refractivity contribution in [3.8, 4) is 0 Å².